The molecule has 1 amide bonds. The highest BCUT2D eigenvalue weighted by molar-refractivity contribution is 14.0. The van der Waals surface area contributed by atoms with Crippen LogP contribution < -0.4 is 10.2 Å². The predicted octanol–water partition coefficient (Wildman–Crippen LogP) is 4.66. The monoisotopic (exact) mass is 538 g/mol. The van der Waals surface area contributed by atoms with Crippen molar-refractivity contribution in [2.24, 2.45) is 4.99 Å². The zero-order valence-electron chi connectivity index (χ0n) is 17.7. The topological polar surface area (TPSA) is 47.9 Å². The summed E-state index contributed by atoms with van der Waals surface area (Å²) in [7, 11) is 1.86. The second kappa shape index (κ2) is 10.6. The summed E-state index contributed by atoms with van der Waals surface area (Å²) in [5, 5.41) is 7.93. The number of guanidine groups is 1. The fraction of sp³-hybridized carbons (Fsp3) is 0.478. The lowest BCUT2D eigenvalue weighted by atomic mass is 9.98. The second-order valence-corrected chi connectivity index (χ2v) is 8.81. The van der Waals surface area contributed by atoms with Crippen molar-refractivity contribution in [3.05, 3.63) is 52.2 Å². The van der Waals surface area contributed by atoms with Gasteiger partial charge in [-0.05, 0) is 52.8 Å². The van der Waals surface area contributed by atoms with Crippen molar-refractivity contribution in [1.82, 2.24) is 10.2 Å². The average molecular weight is 538 g/mol. The van der Waals surface area contributed by atoms with Gasteiger partial charge in [-0.3, -0.25) is 9.79 Å². The van der Waals surface area contributed by atoms with Gasteiger partial charge in [-0.15, -0.1) is 24.0 Å². The Morgan fingerprint density at radius 2 is 2.17 bits per heavy atom. The zero-order chi connectivity index (χ0) is 20.2. The van der Waals surface area contributed by atoms with Gasteiger partial charge in [0.25, 0.3) is 0 Å². The average Bonchev–Trinajstić information content (AvgIpc) is 3.48. The van der Waals surface area contributed by atoms with Crippen LogP contribution in [0.5, 0.6) is 0 Å². The number of nitrogens with zero attached hydrogens (tertiary/aromatic N) is 3. The Balaban J connectivity index is 0.00000256. The van der Waals surface area contributed by atoms with Crippen LogP contribution in [0.3, 0.4) is 0 Å². The molecular formula is C23H31IN4OS. The van der Waals surface area contributed by atoms with E-state index in [1.54, 1.807) is 11.3 Å². The summed E-state index contributed by atoms with van der Waals surface area (Å²) in [4.78, 5) is 20.9. The van der Waals surface area contributed by atoms with E-state index in [-0.39, 0.29) is 24.0 Å². The van der Waals surface area contributed by atoms with Crippen molar-refractivity contribution in [3.63, 3.8) is 0 Å². The molecule has 1 saturated heterocycles. The van der Waals surface area contributed by atoms with E-state index in [1.807, 2.05) is 11.9 Å². The molecule has 1 aromatic heterocycles. The van der Waals surface area contributed by atoms with Gasteiger partial charge in [0.2, 0.25) is 5.91 Å². The van der Waals surface area contributed by atoms with Crippen LogP contribution in [0, 0.1) is 0 Å². The maximum absolute atomic E-state index is 12.0. The van der Waals surface area contributed by atoms with Gasteiger partial charge in [0, 0.05) is 51.3 Å². The molecule has 2 aliphatic rings. The first-order valence-electron chi connectivity index (χ1n) is 10.5. The third-order valence-corrected chi connectivity index (χ3v) is 6.84. The number of benzene rings is 1. The molecule has 162 valence electrons. The molecule has 1 N–H and O–H groups in total. The molecule has 30 heavy (non-hydrogen) atoms. The molecule has 4 rings (SSSR count). The molecule has 7 heteroatoms. The van der Waals surface area contributed by atoms with Crippen molar-refractivity contribution in [2.75, 3.05) is 38.1 Å². The van der Waals surface area contributed by atoms with Gasteiger partial charge in [-0.1, -0.05) is 25.1 Å². The molecular weight excluding hydrogens is 507 g/mol. The van der Waals surface area contributed by atoms with Gasteiger partial charge in [-0.25, -0.2) is 0 Å². The molecule has 0 aliphatic carbocycles. The normalized spacial score (nSPS) is 19.6. The van der Waals surface area contributed by atoms with E-state index in [0.29, 0.717) is 24.2 Å². The molecule has 0 spiro atoms. The molecule has 2 aromatic rings. The highest BCUT2D eigenvalue weighted by atomic mass is 127. The zero-order valence-corrected chi connectivity index (χ0v) is 20.9. The van der Waals surface area contributed by atoms with Crippen LogP contribution in [-0.2, 0) is 4.79 Å². The van der Waals surface area contributed by atoms with Gasteiger partial charge in [0.05, 0.1) is 0 Å². The van der Waals surface area contributed by atoms with Crippen LogP contribution in [0.15, 0.2) is 46.1 Å². The fourth-order valence-electron chi connectivity index (χ4n) is 4.41. The largest absolute Gasteiger partial charge is 0.355 e. The van der Waals surface area contributed by atoms with Crippen molar-refractivity contribution < 1.29 is 4.79 Å². The summed E-state index contributed by atoms with van der Waals surface area (Å²) in [6.07, 6.45) is 2.72. The minimum Gasteiger partial charge on any atom is -0.355 e. The van der Waals surface area contributed by atoms with E-state index in [2.05, 4.69) is 63.2 Å². The summed E-state index contributed by atoms with van der Waals surface area (Å²) in [5.74, 6) is 2.10. The van der Waals surface area contributed by atoms with Crippen molar-refractivity contribution in [3.8, 4) is 0 Å². The first-order valence-corrected chi connectivity index (χ1v) is 11.5. The van der Waals surface area contributed by atoms with Crippen LogP contribution in [0.4, 0.5) is 5.69 Å². The highest BCUT2D eigenvalue weighted by Crippen LogP contribution is 2.38. The minimum absolute atomic E-state index is 0. The smallest absolute Gasteiger partial charge is 0.222 e. The number of nitrogens with one attached hydrogen (secondary N) is 1. The van der Waals surface area contributed by atoms with Crippen molar-refractivity contribution in [2.45, 2.75) is 38.0 Å². The van der Waals surface area contributed by atoms with Crippen molar-refractivity contribution in [1.29, 1.82) is 0 Å². The number of halogens is 1. The van der Waals surface area contributed by atoms with E-state index < -0.39 is 0 Å². The van der Waals surface area contributed by atoms with E-state index in [0.717, 1.165) is 45.0 Å². The van der Waals surface area contributed by atoms with E-state index in [4.69, 9.17) is 0 Å². The number of hydrogen-bond acceptors (Lipinski definition) is 3. The summed E-state index contributed by atoms with van der Waals surface area (Å²) < 4.78 is 0. The van der Waals surface area contributed by atoms with Gasteiger partial charge in [0.15, 0.2) is 5.96 Å². The molecule has 1 fully saturated rings. The molecule has 0 saturated carbocycles. The summed E-state index contributed by atoms with van der Waals surface area (Å²) in [6.45, 7) is 5.78. The highest BCUT2D eigenvalue weighted by Gasteiger charge is 2.32. The van der Waals surface area contributed by atoms with Crippen molar-refractivity contribution >= 4 is 52.9 Å². The first kappa shape index (κ1) is 23.1. The number of rotatable bonds is 6. The lowest BCUT2D eigenvalue weighted by Crippen LogP contribution is -2.42. The van der Waals surface area contributed by atoms with Crippen LogP contribution in [0.2, 0.25) is 0 Å². The number of fused-ring (bicyclic) bond motifs is 1. The van der Waals surface area contributed by atoms with Crippen LogP contribution in [0.25, 0.3) is 0 Å². The summed E-state index contributed by atoms with van der Waals surface area (Å²) >= 11 is 1.74. The van der Waals surface area contributed by atoms with E-state index in [9.17, 15) is 4.79 Å². The Morgan fingerprint density at radius 1 is 1.33 bits per heavy atom. The SMILES string of the molecule is CN=C(NCC(C)c1ccsc1)N1CC(CCN2CCCC2=O)c2ccccc21.I. The number of hydrogen-bond donors (Lipinski definition) is 1. The molecule has 1 aromatic carbocycles. The standard InChI is InChI=1S/C23H30N4OS.HI/c1-17(19-10-13-29-16-19)14-25-23(24-2)27-15-18(20-6-3-4-7-21(20)27)9-12-26-11-5-8-22(26)28;/h3-4,6-7,10,13,16-18H,5,8-9,11-12,14-15H2,1-2H3,(H,24,25);1H. The minimum atomic E-state index is 0. The fourth-order valence-corrected chi connectivity index (χ4v) is 5.19. The number of thiophene rings is 1. The molecule has 0 bridgehead atoms. The summed E-state index contributed by atoms with van der Waals surface area (Å²) in [6, 6.07) is 10.8. The number of carbonyl (C=O) groups excluding carboxylic acids is 1. The third kappa shape index (κ3) is 4.99. The molecule has 5 nitrogen and oxygen atoms in total. The number of likely N-dealkylation sites (tertiary alicyclic amines) is 1. The lowest BCUT2D eigenvalue weighted by molar-refractivity contribution is -0.127. The van der Waals surface area contributed by atoms with Gasteiger partial charge in [-0.2, -0.15) is 11.3 Å². The van der Waals surface area contributed by atoms with Gasteiger partial charge < -0.3 is 15.1 Å². The Morgan fingerprint density at radius 3 is 2.87 bits per heavy atom. The number of amides is 1. The van der Waals surface area contributed by atoms with Crippen LogP contribution >= 0.6 is 35.3 Å². The maximum Gasteiger partial charge on any atom is 0.222 e. The van der Waals surface area contributed by atoms with Crippen LogP contribution in [0.1, 0.15) is 49.1 Å². The number of carbonyl (C=O) groups is 1. The molecule has 2 aliphatic heterocycles. The Hall–Kier alpha value is -1.61. The summed E-state index contributed by atoms with van der Waals surface area (Å²) in [5.41, 5.74) is 3.97. The second-order valence-electron chi connectivity index (χ2n) is 8.03. The molecule has 3 heterocycles. The van der Waals surface area contributed by atoms with Crippen LogP contribution in [-0.4, -0.2) is 50.0 Å². The van der Waals surface area contributed by atoms with Gasteiger partial charge >= 0.3 is 0 Å². The van der Waals surface area contributed by atoms with E-state index in [1.165, 1.54) is 16.8 Å². The molecule has 0 radical (unpaired) electrons. The number of aliphatic imine (C=N–C) groups is 1. The molecule has 2 atom stereocenters. The Labute approximate surface area is 200 Å². The molecule has 2 unspecified atom stereocenters. The predicted molar refractivity (Wildman–Crippen MR) is 136 cm³/mol. The van der Waals surface area contributed by atoms with Gasteiger partial charge in [0.1, 0.15) is 0 Å². The number of anilines is 1. The van der Waals surface area contributed by atoms with E-state index >= 15 is 0 Å². The number of para-hydroxylation sites is 1. The lowest BCUT2D eigenvalue weighted by Gasteiger charge is -2.24. The Bertz CT molecular complexity index is 870. The quantitative estimate of drug-likeness (QED) is 0.331. The third-order valence-electron chi connectivity index (χ3n) is 6.14. The maximum atomic E-state index is 12.0. The first-order chi connectivity index (χ1) is 14.2. The Kier molecular flexibility index (Phi) is 8.16.